The van der Waals surface area contributed by atoms with Gasteiger partial charge in [0.1, 0.15) is 11.6 Å². The molecule has 3 rings (SSSR count). The molecule has 2 N–H and O–H groups in total. The Morgan fingerprint density at radius 3 is 2.79 bits per heavy atom. The molecule has 2 heterocycles. The van der Waals surface area contributed by atoms with Gasteiger partial charge in [0.2, 0.25) is 5.88 Å². The predicted molar refractivity (Wildman–Crippen MR) is 127 cm³/mol. The molecule has 0 radical (unpaired) electrons. The number of hydrogen-bond donors (Lipinski definition) is 2. The molecule has 0 spiro atoms. The number of halogens is 2. The zero-order chi connectivity index (χ0) is 19.8. The Labute approximate surface area is 191 Å². The molecule has 1 unspecified atom stereocenters. The molecule has 0 aliphatic carbocycles. The molecule has 0 aliphatic heterocycles. The van der Waals surface area contributed by atoms with E-state index >= 15 is 0 Å². The first-order valence-corrected chi connectivity index (χ1v) is 9.89. The Kier molecular flexibility index (Phi) is 9.33. The fourth-order valence-electron chi connectivity index (χ4n) is 2.61. The van der Waals surface area contributed by atoms with Crippen molar-refractivity contribution in [2.45, 2.75) is 19.4 Å². The number of pyridine rings is 1. The lowest BCUT2D eigenvalue weighted by Gasteiger charge is -2.16. The van der Waals surface area contributed by atoms with E-state index in [0.717, 1.165) is 12.1 Å². The van der Waals surface area contributed by atoms with E-state index in [1.807, 2.05) is 12.1 Å². The quantitative estimate of drug-likeness (QED) is 0.254. The van der Waals surface area contributed by atoms with Crippen LogP contribution in [0.2, 0.25) is 0 Å². The van der Waals surface area contributed by atoms with Gasteiger partial charge in [-0.25, -0.2) is 9.37 Å². The van der Waals surface area contributed by atoms with Gasteiger partial charge in [0.05, 0.1) is 0 Å². The molecule has 3 aromatic rings. The van der Waals surface area contributed by atoms with E-state index in [9.17, 15) is 4.39 Å². The van der Waals surface area contributed by atoms with Gasteiger partial charge in [0.25, 0.3) is 0 Å². The Morgan fingerprint density at radius 1 is 1.21 bits per heavy atom. The van der Waals surface area contributed by atoms with Gasteiger partial charge < -0.3 is 15.4 Å². The molecule has 8 heteroatoms. The molecule has 0 fully saturated rings. The van der Waals surface area contributed by atoms with Crippen LogP contribution in [0.4, 0.5) is 4.39 Å². The molecule has 1 atom stereocenters. The van der Waals surface area contributed by atoms with Gasteiger partial charge >= 0.3 is 0 Å². The molecule has 1 aromatic carbocycles. The van der Waals surface area contributed by atoms with Crippen LogP contribution in [-0.2, 0) is 6.54 Å². The van der Waals surface area contributed by atoms with Crippen LogP contribution in [0.1, 0.15) is 23.3 Å². The first-order chi connectivity index (χ1) is 13.7. The molecule has 0 aliphatic rings. The summed E-state index contributed by atoms with van der Waals surface area (Å²) in [7, 11) is 1.73. The minimum Gasteiger partial charge on any atom is -0.439 e. The van der Waals surface area contributed by atoms with Crippen molar-refractivity contribution in [1.82, 2.24) is 15.6 Å². The van der Waals surface area contributed by atoms with Crippen molar-refractivity contribution >= 4 is 41.3 Å². The molecule has 29 heavy (non-hydrogen) atoms. The van der Waals surface area contributed by atoms with E-state index in [1.54, 1.807) is 36.7 Å². The van der Waals surface area contributed by atoms with Gasteiger partial charge in [-0.05, 0) is 29.6 Å². The van der Waals surface area contributed by atoms with Gasteiger partial charge in [-0.15, -0.1) is 35.3 Å². The second-order valence-electron chi connectivity index (χ2n) is 6.25. The van der Waals surface area contributed by atoms with Gasteiger partial charge in [-0.1, -0.05) is 25.1 Å². The molecule has 0 amide bonds. The van der Waals surface area contributed by atoms with Crippen LogP contribution in [0.25, 0.3) is 0 Å². The number of ether oxygens (including phenoxy) is 1. The smallest absolute Gasteiger partial charge is 0.224 e. The Bertz CT molecular complexity index is 921. The lowest BCUT2D eigenvalue weighted by atomic mass is 10.1. The largest absolute Gasteiger partial charge is 0.439 e. The van der Waals surface area contributed by atoms with Crippen molar-refractivity contribution < 1.29 is 9.13 Å². The van der Waals surface area contributed by atoms with Crippen LogP contribution in [0, 0.1) is 5.82 Å². The third kappa shape index (κ3) is 6.97. The van der Waals surface area contributed by atoms with Gasteiger partial charge in [0, 0.05) is 48.8 Å². The molecular formula is C21H24FIN4OS. The van der Waals surface area contributed by atoms with Crippen LogP contribution in [0.3, 0.4) is 0 Å². The highest BCUT2D eigenvalue weighted by Crippen LogP contribution is 2.23. The lowest BCUT2D eigenvalue weighted by molar-refractivity contribution is 0.450. The second kappa shape index (κ2) is 11.7. The summed E-state index contributed by atoms with van der Waals surface area (Å²) in [5.41, 5.74) is 0.848. The molecule has 0 saturated heterocycles. The van der Waals surface area contributed by atoms with Crippen LogP contribution in [0.5, 0.6) is 11.6 Å². The maximum absolute atomic E-state index is 13.4. The van der Waals surface area contributed by atoms with Crippen molar-refractivity contribution in [2.75, 3.05) is 13.6 Å². The number of aromatic nitrogens is 1. The number of thiophene rings is 1. The highest BCUT2D eigenvalue weighted by molar-refractivity contribution is 14.0. The summed E-state index contributed by atoms with van der Waals surface area (Å²) >= 11 is 1.75. The number of nitrogens with one attached hydrogen (secondary N) is 2. The zero-order valence-electron chi connectivity index (χ0n) is 16.3. The first-order valence-electron chi connectivity index (χ1n) is 9.01. The van der Waals surface area contributed by atoms with E-state index < -0.39 is 0 Å². The molecule has 0 saturated carbocycles. The van der Waals surface area contributed by atoms with Crippen LogP contribution in [-0.4, -0.2) is 24.5 Å². The summed E-state index contributed by atoms with van der Waals surface area (Å²) < 4.78 is 19.1. The molecule has 2 aromatic heterocycles. The Balaban J connectivity index is 0.00000300. The SMILES string of the molecule is CN=C(NCc1cccnc1Oc1cccc(F)c1)NCC(C)c1cccs1.I. The van der Waals surface area contributed by atoms with Gasteiger partial charge in [0.15, 0.2) is 5.96 Å². The van der Waals surface area contributed by atoms with Crippen molar-refractivity contribution in [3.05, 3.63) is 76.4 Å². The van der Waals surface area contributed by atoms with E-state index in [4.69, 9.17) is 4.74 Å². The third-order valence-corrected chi connectivity index (χ3v) is 5.24. The summed E-state index contributed by atoms with van der Waals surface area (Å²) in [4.78, 5) is 9.87. The van der Waals surface area contributed by atoms with E-state index in [-0.39, 0.29) is 29.8 Å². The second-order valence-corrected chi connectivity index (χ2v) is 7.23. The lowest BCUT2D eigenvalue weighted by Crippen LogP contribution is -2.38. The highest BCUT2D eigenvalue weighted by atomic mass is 127. The van der Waals surface area contributed by atoms with E-state index in [1.165, 1.54) is 17.0 Å². The fraction of sp³-hybridized carbons (Fsp3) is 0.238. The van der Waals surface area contributed by atoms with E-state index in [2.05, 4.69) is 45.0 Å². The van der Waals surface area contributed by atoms with Crippen molar-refractivity contribution in [2.24, 2.45) is 4.99 Å². The number of hydrogen-bond acceptors (Lipinski definition) is 4. The van der Waals surface area contributed by atoms with Crippen LogP contribution in [0.15, 0.2) is 65.1 Å². The van der Waals surface area contributed by atoms with Crippen LogP contribution >= 0.6 is 35.3 Å². The maximum atomic E-state index is 13.4. The van der Waals surface area contributed by atoms with Crippen molar-refractivity contribution in [3.8, 4) is 11.6 Å². The minimum absolute atomic E-state index is 0. The van der Waals surface area contributed by atoms with Gasteiger partial charge in [-0.3, -0.25) is 4.99 Å². The third-order valence-electron chi connectivity index (χ3n) is 4.14. The topological polar surface area (TPSA) is 58.5 Å². The Morgan fingerprint density at radius 2 is 2.07 bits per heavy atom. The number of guanidine groups is 1. The molecule has 0 bridgehead atoms. The maximum Gasteiger partial charge on any atom is 0.224 e. The average molecular weight is 526 g/mol. The summed E-state index contributed by atoms with van der Waals surface area (Å²) in [5, 5.41) is 8.70. The summed E-state index contributed by atoms with van der Waals surface area (Å²) in [6, 6.07) is 14.0. The molecular weight excluding hydrogens is 502 g/mol. The first kappa shape index (κ1) is 23.1. The monoisotopic (exact) mass is 526 g/mol. The normalized spacial score (nSPS) is 12.0. The minimum atomic E-state index is -0.349. The standard InChI is InChI=1S/C21H23FN4OS.HI/c1-15(19-9-5-11-28-19)13-25-21(23-2)26-14-16-6-4-10-24-20(16)27-18-8-3-7-17(22)12-18;/h3-12,15H,13-14H2,1-2H3,(H2,23,25,26);1H. The summed E-state index contributed by atoms with van der Waals surface area (Å²) in [6.07, 6.45) is 1.65. The Hall–Kier alpha value is -2.20. The predicted octanol–water partition coefficient (Wildman–Crippen LogP) is 5.16. The average Bonchev–Trinajstić information content (AvgIpc) is 3.24. The summed E-state index contributed by atoms with van der Waals surface area (Å²) in [6.45, 7) is 3.43. The molecule has 154 valence electrons. The van der Waals surface area contributed by atoms with Crippen molar-refractivity contribution in [1.29, 1.82) is 0 Å². The van der Waals surface area contributed by atoms with E-state index in [0.29, 0.717) is 30.1 Å². The summed E-state index contributed by atoms with van der Waals surface area (Å²) in [5.74, 6) is 1.58. The van der Waals surface area contributed by atoms with Crippen molar-refractivity contribution in [3.63, 3.8) is 0 Å². The van der Waals surface area contributed by atoms with Crippen LogP contribution < -0.4 is 15.4 Å². The fourth-order valence-corrected chi connectivity index (χ4v) is 3.40. The van der Waals surface area contributed by atoms with Gasteiger partial charge in [-0.2, -0.15) is 0 Å². The zero-order valence-corrected chi connectivity index (χ0v) is 19.4. The number of nitrogens with zero attached hydrogens (tertiary/aromatic N) is 2. The molecule has 5 nitrogen and oxygen atoms in total. The highest BCUT2D eigenvalue weighted by Gasteiger charge is 2.10. The number of benzene rings is 1. The number of aliphatic imine (C=N–C) groups is 1. The number of rotatable bonds is 7.